The van der Waals surface area contributed by atoms with E-state index in [1.54, 1.807) is 10.6 Å². The van der Waals surface area contributed by atoms with Gasteiger partial charge in [-0.05, 0) is 20.3 Å². The lowest BCUT2D eigenvalue weighted by Gasteiger charge is -2.12. The SMILES string of the molecule is CCNc1nc2sccn2c1S(=O)(=O)NC(C)CC. The van der Waals surface area contributed by atoms with Gasteiger partial charge in [0.1, 0.15) is 0 Å². The third kappa shape index (κ3) is 2.75. The maximum Gasteiger partial charge on any atom is 0.260 e. The summed E-state index contributed by atoms with van der Waals surface area (Å²) in [5, 5.41) is 5.01. The average Bonchev–Trinajstić information content (AvgIpc) is 2.88. The molecule has 0 aliphatic heterocycles. The van der Waals surface area contributed by atoms with Gasteiger partial charge in [-0.1, -0.05) is 6.92 Å². The lowest BCUT2D eigenvalue weighted by atomic mass is 10.3. The number of imidazole rings is 1. The molecule has 0 aliphatic carbocycles. The largest absolute Gasteiger partial charge is 0.368 e. The molecule has 2 aromatic heterocycles. The lowest BCUT2D eigenvalue weighted by molar-refractivity contribution is 0.552. The molecule has 0 amide bonds. The highest BCUT2D eigenvalue weighted by atomic mass is 32.2. The van der Waals surface area contributed by atoms with Crippen molar-refractivity contribution in [3.63, 3.8) is 0 Å². The molecule has 0 aliphatic rings. The first-order valence-corrected chi connectivity index (χ1v) is 8.57. The summed E-state index contributed by atoms with van der Waals surface area (Å²) in [6, 6.07) is -0.108. The van der Waals surface area contributed by atoms with Crippen molar-refractivity contribution in [1.29, 1.82) is 0 Å². The third-order valence-corrected chi connectivity index (χ3v) is 5.15. The molecule has 0 bridgehead atoms. The Morgan fingerprint density at radius 3 is 2.84 bits per heavy atom. The molecule has 19 heavy (non-hydrogen) atoms. The highest BCUT2D eigenvalue weighted by Crippen LogP contribution is 2.25. The highest BCUT2D eigenvalue weighted by Gasteiger charge is 2.26. The number of thiazole rings is 1. The van der Waals surface area contributed by atoms with Gasteiger partial charge in [0.25, 0.3) is 10.0 Å². The van der Waals surface area contributed by atoms with Gasteiger partial charge in [0.15, 0.2) is 15.8 Å². The molecular weight excluding hydrogens is 284 g/mol. The monoisotopic (exact) mass is 302 g/mol. The molecule has 2 N–H and O–H groups in total. The normalized spacial score (nSPS) is 13.8. The molecule has 2 rings (SSSR count). The fourth-order valence-corrected chi connectivity index (χ4v) is 4.07. The van der Waals surface area contributed by atoms with E-state index in [1.807, 2.05) is 26.2 Å². The summed E-state index contributed by atoms with van der Waals surface area (Å²) in [4.78, 5) is 4.98. The van der Waals surface area contributed by atoms with Crippen LogP contribution in [0.25, 0.3) is 4.96 Å². The Hall–Kier alpha value is -1.12. The Morgan fingerprint density at radius 1 is 1.47 bits per heavy atom. The Balaban J connectivity index is 2.52. The molecule has 6 nitrogen and oxygen atoms in total. The zero-order valence-corrected chi connectivity index (χ0v) is 12.8. The second-order valence-electron chi connectivity index (χ2n) is 4.28. The van der Waals surface area contributed by atoms with Crippen LogP contribution in [0.1, 0.15) is 27.2 Å². The van der Waals surface area contributed by atoms with E-state index in [4.69, 9.17) is 0 Å². The van der Waals surface area contributed by atoms with E-state index in [2.05, 4.69) is 15.0 Å². The van der Waals surface area contributed by atoms with Crippen LogP contribution in [-0.2, 0) is 10.0 Å². The molecule has 1 unspecified atom stereocenters. The van der Waals surface area contributed by atoms with Crippen LogP contribution >= 0.6 is 11.3 Å². The van der Waals surface area contributed by atoms with Gasteiger partial charge in [0.2, 0.25) is 0 Å². The Kier molecular flexibility index (Phi) is 4.12. The van der Waals surface area contributed by atoms with Gasteiger partial charge in [0.05, 0.1) is 0 Å². The summed E-state index contributed by atoms with van der Waals surface area (Å²) >= 11 is 1.41. The lowest BCUT2D eigenvalue weighted by Crippen LogP contribution is -2.33. The van der Waals surface area contributed by atoms with Crippen molar-refractivity contribution in [3.05, 3.63) is 11.6 Å². The minimum Gasteiger partial charge on any atom is -0.368 e. The molecule has 0 radical (unpaired) electrons. The van der Waals surface area contributed by atoms with Crippen molar-refractivity contribution in [3.8, 4) is 0 Å². The number of hydrogen-bond acceptors (Lipinski definition) is 5. The van der Waals surface area contributed by atoms with Gasteiger partial charge in [0, 0.05) is 24.2 Å². The predicted octanol–water partition coefficient (Wildman–Crippen LogP) is 1.90. The number of hydrogen-bond donors (Lipinski definition) is 2. The van der Waals surface area contributed by atoms with E-state index in [0.717, 1.165) is 6.42 Å². The average molecular weight is 302 g/mol. The number of fused-ring (bicyclic) bond motifs is 1. The zero-order chi connectivity index (χ0) is 14.0. The molecule has 1 atom stereocenters. The quantitative estimate of drug-likeness (QED) is 0.854. The van der Waals surface area contributed by atoms with E-state index in [9.17, 15) is 8.42 Å². The molecule has 0 saturated heterocycles. The van der Waals surface area contributed by atoms with E-state index in [0.29, 0.717) is 17.3 Å². The molecule has 0 fully saturated rings. The van der Waals surface area contributed by atoms with Crippen LogP contribution in [0, 0.1) is 0 Å². The second-order valence-corrected chi connectivity index (χ2v) is 6.78. The van der Waals surface area contributed by atoms with E-state index >= 15 is 0 Å². The van der Waals surface area contributed by atoms with Crippen LogP contribution in [0.4, 0.5) is 5.82 Å². The Bertz CT molecular complexity index is 659. The van der Waals surface area contributed by atoms with Gasteiger partial charge >= 0.3 is 0 Å². The first-order chi connectivity index (χ1) is 8.99. The van der Waals surface area contributed by atoms with Crippen molar-refractivity contribution < 1.29 is 8.42 Å². The fourth-order valence-electron chi connectivity index (χ4n) is 1.71. The van der Waals surface area contributed by atoms with Crippen molar-refractivity contribution in [2.24, 2.45) is 0 Å². The van der Waals surface area contributed by atoms with Gasteiger partial charge in [-0.25, -0.2) is 18.1 Å². The number of sulfonamides is 1. The summed E-state index contributed by atoms with van der Waals surface area (Å²) < 4.78 is 29.2. The van der Waals surface area contributed by atoms with Crippen molar-refractivity contribution in [2.45, 2.75) is 38.3 Å². The van der Waals surface area contributed by atoms with E-state index in [1.165, 1.54) is 11.3 Å². The fraction of sp³-hybridized carbons (Fsp3) is 0.545. The zero-order valence-electron chi connectivity index (χ0n) is 11.2. The second kappa shape index (κ2) is 5.48. The van der Waals surface area contributed by atoms with Crippen molar-refractivity contribution >= 4 is 32.1 Å². The van der Waals surface area contributed by atoms with Gasteiger partial charge in [-0.2, -0.15) is 0 Å². The summed E-state index contributed by atoms with van der Waals surface area (Å²) in [5.74, 6) is 0.408. The Morgan fingerprint density at radius 2 is 2.21 bits per heavy atom. The van der Waals surface area contributed by atoms with Crippen LogP contribution in [-0.4, -0.2) is 30.4 Å². The Labute approximate surface area is 116 Å². The van der Waals surface area contributed by atoms with Crippen LogP contribution in [0.15, 0.2) is 16.6 Å². The highest BCUT2D eigenvalue weighted by molar-refractivity contribution is 7.89. The van der Waals surface area contributed by atoms with Gasteiger partial charge in [-0.15, -0.1) is 11.3 Å². The van der Waals surface area contributed by atoms with E-state index in [-0.39, 0.29) is 11.1 Å². The maximum absolute atomic E-state index is 12.5. The number of anilines is 1. The maximum atomic E-state index is 12.5. The summed E-state index contributed by atoms with van der Waals surface area (Å²) in [6.45, 7) is 6.31. The number of aromatic nitrogens is 2. The number of rotatable bonds is 6. The first-order valence-electron chi connectivity index (χ1n) is 6.21. The summed E-state index contributed by atoms with van der Waals surface area (Å²) in [6.07, 6.45) is 2.46. The number of nitrogens with zero attached hydrogens (tertiary/aromatic N) is 2. The minimum atomic E-state index is -3.58. The molecular formula is C11H18N4O2S2. The van der Waals surface area contributed by atoms with Crippen LogP contribution in [0.5, 0.6) is 0 Å². The number of nitrogens with one attached hydrogen (secondary N) is 2. The standard InChI is InChI=1S/C11H18N4O2S2/c1-4-8(3)14-19(16,17)10-9(12-5-2)13-11-15(10)6-7-18-11/h6-8,12,14H,4-5H2,1-3H3. The molecule has 2 heterocycles. The minimum absolute atomic E-state index is 0.108. The molecule has 2 aromatic rings. The van der Waals surface area contributed by atoms with Crippen LogP contribution in [0.3, 0.4) is 0 Å². The topological polar surface area (TPSA) is 75.5 Å². The third-order valence-electron chi connectivity index (χ3n) is 2.79. The molecule has 8 heteroatoms. The smallest absolute Gasteiger partial charge is 0.260 e. The van der Waals surface area contributed by atoms with Crippen LogP contribution < -0.4 is 10.0 Å². The van der Waals surface area contributed by atoms with Gasteiger partial charge in [-0.3, -0.25) is 4.40 Å². The predicted molar refractivity (Wildman–Crippen MR) is 77.3 cm³/mol. The van der Waals surface area contributed by atoms with Crippen molar-refractivity contribution in [2.75, 3.05) is 11.9 Å². The molecule has 0 spiro atoms. The first kappa shape index (κ1) is 14.3. The molecule has 106 valence electrons. The van der Waals surface area contributed by atoms with E-state index < -0.39 is 10.0 Å². The molecule has 0 saturated carbocycles. The van der Waals surface area contributed by atoms with Gasteiger partial charge < -0.3 is 5.32 Å². The summed E-state index contributed by atoms with van der Waals surface area (Å²) in [7, 11) is -3.58. The van der Waals surface area contributed by atoms with Crippen molar-refractivity contribution in [1.82, 2.24) is 14.1 Å². The molecule has 0 aromatic carbocycles. The van der Waals surface area contributed by atoms with Crippen LogP contribution in [0.2, 0.25) is 0 Å². The summed E-state index contributed by atoms with van der Waals surface area (Å²) in [5.41, 5.74) is 0.